The number of halogens is 1. The van der Waals surface area contributed by atoms with Crippen LogP contribution in [0.4, 0.5) is 17.1 Å². The van der Waals surface area contributed by atoms with Gasteiger partial charge in [0.15, 0.2) is 0 Å². The summed E-state index contributed by atoms with van der Waals surface area (Å²) in [5, 5.41) is 10.1. The molecule has 3 N–H and O–H groups in total. The van der Waals surface area contributed by atoms with Gasteiger partial charge in [0.1, 0.15) is 0 Å². The first-order chi connectivity index (χ1) is 18.3. The molecule has 3 aromatic rings. The zero-order chi connectivity index (χ0) is 26.8. The second kappa shape index (κ2) is 11.0. The lowest BCUT2D eigenvalue weighted by Crippen LogP contribution is -2.47. The Morgan fingerprint density at radius 1 is 0.921 bits per heavy atom. The molecule has 0 radical (unpaired) electrons. The second-order valence-electron chi connectivity index (χ2n) is 9.92. The number of amides is 2. The number of anilines is 3. The summed E-state index contributed by atoms with van der Waals surface area (Å²) in [7, 11) is 2.10. The summed E-state index contributed by atoms with van der Waals surface area (Å²) in [6.45, 7) is 8.13. The van der Waals surface area contributed by atoms with Crippen molar-refractivity contribution in [3.05, 3.63) is 87.9 Å². The number of hydrogen-bond acceptors (Lipinski definition) is 5. The minimum atomic E-state index is -0.184. The number of nitrogens with zero attached hydrogens (tertiary/aromatic N) is 2. The molecule has 0 aliphatic carbocycles. The molecule has 1 saturated heterocycles. The molecule has 8 heteroatoms. The van der Waals surface area contributed by atoms with Crippen molar-refractivity contribution >= 4 is 51.7 Å². The van der Waals surface area contributed by atoms with Gasteiger partial charge in [-0.25, -0.2) is 0 Å². The summed E-state index contributed by atoms with van der Waals surface area (Å²) in [6, 6.07) is 19.1. The van der Waals surface area contributed by atoms with Gasteiger partial charge >= 0.3 is 0 Å². The Bertz CT molecular complexity index is 1410. The number of benzene rings is 3. The largest absolute Gasteiger partial charge is 0.354 e. The maximum absolute atomic E-state index is 13.2. The lowest BCUT2D eigenvalue weighted by molar-refractivity contribution is -0.117. The van der Waals surface area contributed by atoms with Gasteiger partial charge in [0.05, 0.1) is 23.5 Å². The standard InChI is InChI=1S/C30H32ClN5O2/c1-19-20(2)25(12-11-24(19)32-27(37)18-36-15-13-35(3)14-16-36)33-29(21-7-5-4-6-8-21)28-23-10-9-22(31)17-26(23)34-30(28)38/h4-12,17,33H,13-16,18H2,1-3H3,(H,32,37)(H,34,38)/b29-28-. The van der Waals surface area contributed by atoms with Crippen molar-refractivity contribution in [2.24, 2.45) is 0 Å². The van der Waals surface area contributed by atoms with Crippen molar-refractivity contribution in [1.29, 1.82) is 0 Å². The molecule has 5 rings (SSSR count). The average Bonchev–Trinajstić information content (AvgIpc) is 3.22. The average molecular weight is 530 g/mol. The fraction of sp³-hybridized carbons (Fsp3) is 0.267. The zero-order valence-corrected chi connectivity index (χ0v) is 22.7. The molecule has 0 atom stereocenters. The number of rotatable bonds is 6. The van der Waals surface area contributed by atoms with E-state index in [-0.39, 0.29) is 11.8 Å². The third-order valence-electron chi connectivity index (χ3n) is 7.32. The quantitative estimate of drug-likeness (QED) is 0.388. The summed E-state index contributed by atoms with van der Waals surface area (Å²) in [6.07, 6.45) is 0. The van der Waals surface area contributed by atoms with Gasteiger partial charge in [-0.15, -0.1) is 0 Å². The van der Waals surface area contributed by atoms with Gasteiger partial charge in [-0.3, -0.25) is 14.5 Å². The Labute approximate surface area is 228 Å². The molecule has 0 saturated carbocycles. The Kier molecular flexibility index (Phi) is 7.51. The molecule has 0 bridgehead atoms. The van der Waals surface area contributed by atoms with Crippen molar-refractivity contribution in [1.82, 2.24) is 9.80 Å². The van der Waals surface area contributed by atoms with Crippen molar-refractivity contribution in [3.8, 4) is 0 Å². The van der Waals surface area contributed by atoms with E-state index < -0.39 is 0 Å². The Morgan fingerprint density at radius 2 is 1.58 bits per heavy atom. The summed E-state index contributed by atoms with van der Waals surface area (Å²) < 4.78 is 0. The van der Waals surface area contributed by atoms with Crippen LogP contribution in [0, 0.1) is 13.8 Å². The molecule has 2 aliphatic rings. The van der Waals surface area contributed by atoms with Crippen LogP contribution in [0.1, 0.15) is 22.3 Å². The van der Waals surface area contributed by atoms with Crippen molar-refractivity contribution in [2.75, 3.05) is 55.7 Å². The van der Waals surface area contributed by atoms with Crippen LogP contribution in [0.25, 0.3) is 11.3 Å². The molecule has 1 fully saturated rings. The molecule has 2 aliphatic heterocycles. The summed E-state index contributed by atoms with van der Waals surface area (Å²) in [5.74, 6) is -0.196. The predicted molar refractivity (Wildman–Crippen MR) is 155 cm³/mol. The van der Waals surface area contributed by atoms with E-state index in [0.717, 1.165) is 59.8 Å². The highest BCUT2D eigenvalue weighted by Gasteiger charge is 2.29. The molecular formula is C30H32ClN5O2. The van der Waals surface area contributed by atoms with Crippen LogP contribution in [0.15, 0.2) is 60.7 Å². The van der Waals surface area contributed by atoms with Crippen molar-refractivity contribution < 1.29 is 9.59 Å². The van der Waals surface area contributed by atoms with Gasteiger partial charge in [-0.1, -0.05) is 48.0 Å². The third-order valence-corrected chi connectivity index (χ3v) is 7.56. The topological polar surface area (TPSA) is 76.7 Å². The smallest absolute Gasteiger partial charge is 0.258 e. The summed E-state index contributed by atoms with van der Waals surface area (Å²) in [5.41, 5.74) is 7.27. The van der Waals surface area contributed by atoms with Crippen LogP contribution in [0.5, 0.6) is 0 Å². The molecule has 2 amide bonds. The Hall–Kier alpha value is -3.65. The highest BCUT2D eigenvalue weighted by Crippen LogP contribution is 2.39. The SMILES string of the molecule is Cc1c(NC(=O)CN2CCN(C)CC2)ccc(N/C(=C2\C(=O)Nc3cc(Cl)ccc32)c2ccccc2)c1C. The number of piperazine rings is 1. The van der Waals surface area contributed by atoms with Gasteiger partial charge in [-0.2, -0.15) is 0 Å². The summed E-state index contributed by atoms with van der Waals surface area (Å²) >= 11 is 6.18. The van der Waals surface area contributed by atoms with E-state index in [1.54, 1.807) is 12.1 Å². The van der Waals surface area contributed by atoms with E-state index in [2.05, 4.69) is 32.8 Å². The van der Waals surface area contributed by atoms with Crippen LogP contribution in [0.2, 0.25) is 5.02 Å². The molecule has 0 unspecified atom stereocenters. The fourth-order valence-electron chi connectivity index (χ4n) is 4.90. The highest BCUT2D eigenvalue weighted by atomic mass is 35.5. The first-order valence-corrected chi connectivity index (χ1v) is 13.2. The van der Waals surface area contributed by atoms with Crippen molar-refractivity contribution in [2.45, 2.75) is 13.8 Å². The van der Waals surface area contributed by atoms with Gasteiger partial charge in [0.25, 0.3) is 5.91 Å². The monoisotopic (exact) mass is 529 g/mol. The maximum atomic E-state index is 13.2. The van der Waals surface area contributed by atoms with Crippen molar-refractivity contribution in [3.63, 3.8) is 0 Å². The minimum absolute atomic E-state index is 0.0113. The Balaban J connectivity index is 1.43. The van der Waals surface area contributed by atoms with E-state index >= 15 is 0 Å². The van der Waals surface area contributed by atoms with Crippen LogP contribution in [-0.2, 0) is 9.59 Å². The van der Waals surface area contributed by atoms with E-state index in [1.165, 1.54) is 0 Å². The molecule has 0 aromatic heterocycles. The summed E-state index contributed by atoms with van der Waals surface area (Å²) in [4.78, 5) is 30.4. The second-order valence-corrected chi connectivity index (χ2v) is 10.4. The number of carbonyl (C=O) groups excluding carboxylic acids is 2. The van der Waals surface area contributed by atoms with E-state index in [0.29, 0.717) is 28.5 Å². The zero-order valence-electron chi connectivity index (χ0n) is 21.9. The molecule has 3 aromatic carbocycles. The van der Waals surface area contributed by atoms with Crippen LogP contribution in [-0.4, -0.2) is 61.4 Å². The van der Waals surface area contributed by atoms with Crippen LogP contribution >= 0.6 is 11.6 Å². The highest BCUT2D eigenvalue weighted by molar-refractivity contribution is 6.38. The Morgan fingerprint density at radius 3 is 2.26 bits per heavy atom. The van der Waals surface area contributed by atoms with Gasteiger partial charge in [-0.05, 0) is 61.9 Å². The van der Waals surface area contributed by atoms with Gasteiger partial charge < -0.3 is 20.9 Å². The first-order valence-electron chi connectivity index (χ1n) is 12.8. The molecule has 2 heterocycles. The molecule has 0 spiro atoms. The molecular weight excluding hydrogens is 498 g/mol. The first kappa shape index (κ1) is 26.0. The van der Waals surface area contributed by atoms with E-state index in [9.17, 15) is 9.59 Å². The number of fused-ring (bicyclic) bond motifs is 1. The lowest BCUT2D eigenvalue weighted by Gasteiger charge is -2.31. The lowest BCUT2D eigenvalue weighted by atomic mass is 9.99. The van der Waals surface area contributed by atoms with Gasteiger partial charge in [0, 0.05) is 48.1 Å². The van der Waals surface area contributed by atoms with E-state index in [4.69, 9.17) is 11.6 Å². The number of nitrogens with one attached hydrogen (secondary N) is 3. The minimum Gasteiger partial charge on any atom is -0.354 e. The number of hydrogen-bond donors (Lipinski definition) is 3. The predicted octanol–water partition coefficient (Wildman–Crippen LogP) is 5.08. The van der Waals surface area contributed by atoms with Crippen LogP contribution in [0.3, 0.4) is 0 Å². The van der Waals surface area contributed by atoms with E-state index in [1.807, 2.05) is 62.4 Å². The molecule has 38 heavy (non-hydrogen) atoms. The molecule has 196 valence electrons. The van der Waals surface area contributed by atoms with Gasteiger partial charge in [0.2, 0.25) is 5.91 Å². The fourth-order valence-corrected chi connectivity index (χ4v) is 5.07. The number of carbonyl (C=O) groups is 2. The third kappa shape index (κ3) is 5.45. The van der Waals surface area contributed by atoms with Crippen LogP contribution < -0.4 is 16.0 Å². The molecule has 7 nitrogen and oxygen atoms in total. The maximum Gasteiger partial charge on any atom is 0.258 e. The number of likely N-dealkylation sites (N-methyl/N-ethyl adjacent to an activating group) is 1. The normalized spacial score (nSPS) is 17.1.